The minimum absolute atomic E-state index is 0.0698. The second kappa shape index (κ2) is 6.35. The van der Waals surface area contributed by atoms with Crippen molar-refractivity contribution in [3.8, 4) is 0 Å². The van der Waals surface area contributed by atoms with Crippen molar-refractivity contribution in [3.05, 3.63) is 42.5 Å². The lowest BCUT2D eigenvalue weighted by Crippen LogP contribution is -2.32. The van der Waals surface area contributed by atoms with E-state index in [1.807, 2.05) is 30.3 Å². The Morgan fingerprint density at radius 3 is 2.60 bits per heavy atom. The molecular formula is C15H19NO3S. The molecule has 108 valence electrons. The molecule has 2 aromatic rings. The fourth-order valence-electron chi connectivity index (χ4n) is 2.21. The zero-order valence-electron chi connectivity index (χ0n) is 11.4. The Kier molecular flexibility index (Phi) is 4.75. The van der Waals surface area contributed by atoms with E-state index in [9.17, 15) is 8.42 Å². The number of hydrogen-bond acceptors (Lipinski definition) is 3. The van der Waals surface area contributed by atoms with Gasteiger partial charge in [0.25, 0.3) is 0 Å². The first-order valence-corrected chi connectivity index (χ1v) is 8.14. The highest BCUT2D eigenvalue weighted by Gasteiger charge is 2.19. The average Bonchev–Trinajstić information content (AvgIpc) is 2.44. The van der Waals surface area contributed by atoms with Gasteiger partial charge < -0.3 is 5.11 Å². The zero-order valence-corrected chi connectivity index (χ0v) is 12.2. The van der Waals surface area contributed by atoms with Crippen molar-refractivity contribution in [2.75, 3.05) is 6.61 Å². The minimum atomic E-state index is -3.55. The molecule has 20 heavy (non-hydrogen) atoms. The lowest BCUT2D eigenvalue weighted by Gasteiger charge is -2.15. The number of nitrogens with one attached hydrogen (secondary N) is 1. The van der Waals surface area contributed by atoms with Gasteiger partial charge in [-0.15, -0.1) is 0 Å². The van der Waals surface area contributed by atoms with E-state index in [-0.39, 0.29) is 12.6 Å². The largest absolute Gasteiger partial charge is 0.396 e. The van der Waals surface area contributed by atoms with Crippen molar-refractivity contribution in [1.82, 2.24) is 4.72 Å². The Bertz CT molecular complexity index is 677. The van der Waals surface area contributed by atoms with Crippen LogP contribution in [-0.4, -0.2) is 26.2 Å². The van der Waals surface area contributed by atoms with Gasteiger partial charge in [0.05, 0.1) is 4.90 Å². The molecule has 4 nitrogen and oxygen atoms in total. The maximum atomic E-state index is 12.4. The topological polar surface area (TPSA) is 66.4 Å². The molecule has 5 heteroatoms. The third-order valence-electron chi connectivity index (χ3n) is 3.19. The number of aliphatic hydroxyl groups is 1. The quantitative estimate of drug-likeness (QED) is 0.858. The normalized spacial score (nSPS) is 13.5. The molecule has 0 radical (unpaired) electrons. The fourth-order valence-corrected chi connectivity index (χ4v) is 3.72. The molecular weight excluding hydrogens is 274 g/mol. The fraction of sp³-hybridized carbons (Fsp3) is 0.333. The van der Waals surface area contributed by atoms with E-state index in [1.54, 1.807) is 19.1 Å². The second-order valence-electron chi connectivity index (χ2n) is 4.87. The number of aliphatic hydroxyl groups excluding tert-OH is 1. The molecule has 0 heterocycles. The van der Waals surface area contributed by atoms with Gasteiger partial charge in [-0.2, -0.15) is 0 Å². The summed E-state index contributed by atoms with van der Waals surface area (Å²) in [5.74, 6) is 0. The van der Waals surface area contributed by atoms with Gasteiger partial charge in [0, 0.05) is 18.0 Å². The Morgan fingerprint density at radius 2 is 1.85 bits per heavy atom. The summed E-state index contributed by atoms with van der Waals surface area (Å²) >= 11 is 0. The van der Waals surface area contributed by atoms with Gasteiger partial charge in [-0.3, -0.25) is 0 Å². The summed E-state index contributed by atoms with van der Waals surface area (Å²) in [6.07, 6.45) is 1.19. The van der Waals surface area contributed by atoms with E-state index in [1.165, 1.54) is 0 Å². The number of sulfonamides is 1. The predicted octanol–water partition coefficient (Wildman–Crippen LogP) is 2.28. The Labute approximate surface area is 119 Å². The van der Waals surface area contributed by atoms with E-state index in [0.717, 1.165) is 10.8 Å². The highest BCUT2D eigenvalue weighted by atomic mass is 32.2. The van der Waals surface area contributed by atoms with Gasteiger partial charge in [0.2, 0.25) is 10.0 Å². The zero-order chi connectivity index (χ0) is 14.6. The van der Waals surface area contributed by atoms with Crippen LogP contribution < -0.4 is 4.72 Å². The molecule has 0 aliphatic carbocycles. The van der Waals surface area contributed by atoms with Gasteiger partial charge in [0.1, 0.15) is 0 Å². The minimum Gasteiger partial charge on any atom is -0.396 e. The molecule has 0 spiro atoms. The standard InChI is InChI=1S/C15H19NO3S/c1-12(6-5-11-17)16-20(18,19)15-10-4-8-13-7-2-3-9-14(13)15/h2-4,7-10,12,16-17H,5-6,11H2,1H3. The lowest BCUT2D eigenvalue weighted by molar-refractivity contribution is 0.279. The third-order valence-corrected chi connectivity index (χ3v) is 4.84. The van der Waals surface area contributed by atoms with Gasteiger partial charge in [-0.05, 0) is 31.2 Å². The highest BCUT2D eigenvalue weighted by molar-refractivity contribution is 7.89. The van der Waals surface area contributed by atoms with E-state index in [4.69, 9.17) is 5.11 Å². The van der Waals surface area contributed by atoms with Crippen LogP contribution in [0.4, 0.5) is 0 Å². The summed E-state index contributed by atoms with van der Waals surface area (Å²) in [6.45, 7) is 1.87. The SMILES string of the molecule is CC(CCCO)NS(=O)(=O)c1cccc2ccccc12. The molecule has 0 saturated carbocycles. The summed E-state index contributed by atoms with van der Waals surface area (Å²) in [5, 5.41) is 10.4. The molecule has 0 aliphatic rings. The van der Waals surface area contributed by atoms with Crippen molar-refractivity contribution in [2.45, 2.75) is 30.7 Å². The Hall–Kier alpha value is -1.43. The van der Waals surface area contributed by atoms with Crippen LogP contribution in [0.25, 0.3) is 10.8 Å². The van der Waals surface area contributed by atoms with E-state index in [2.05, 4.69) is 4.72 Å². The van der Waals surface area contributed by atoms with Gasteiger partial charge in [-0.1, -0.05) is 36.4 Å². The van der Waals surface area contributed by atoms with Crippen molar-refractivity contribution >= 4 is 20.8 Å². The summed E-state index contributed by atoms with van der Waals surface area (Å²) in [7, 11) is -3.55. The number of rotatable bonds is 6. The molecule has 0 fully saturated rings. The molecule has 2 rings (SSSR count). The van der Waals surface area contributed by atoms with Gasteiger partial charge in [0.15, 0.2) is 0 Å². The molecule has 0 aliphatic heterocycles. The molecule has 2 aromatic carbocycles. The maximum absolute atomic E-state index is 12.4. The van der Waals surface area contributed by atoms with E-state index < -0.39 is 10.0 Å². The lowest BCUT2D eigenvalue weighted by atomic mass is 10.1. The first-order chi connectivity index (χ1) is 9.54. The molecule has 0 amide bonds. The summed E-state index contributed by atoms with van der Waals surface area (Å²) in [4.78, 5) is 0.298. The van der Waals surface area contributed by atoms with Crippen molar-refractivity contribution in [2.24, 2.45) is 0 Å². The maximum Gasteiger partial charge on any atom is 0.241 e. The summed E-state index contributed by atoms with van der Waals surface area (Å²) < 4.78 is 27.6. The highest BCUT2D eigenvalue weighted by Crippen LogP contribution is 2.22. The van der Waals surface area contributed by atoms with Crippen molar-refractivity contribution in [3.63, 3.8) is 0 Å². The van der Waals surface area contributed by atoms with Crippen LogP contribution in [0.15, 0.2) is 47.4 Å². The Morgan fingerprint density at radius 1 is 1.15 bits per heavy atom. The van der Waals surface area contributed by atoms with Gasteiger partial charge >= 0.3 is 0 Å². The van der Waals surface area contributed by atoms with Crippen LogP contribution in [-0.2, 0) is 10.0 Å². The average molecular weight is 293 g/mol. The molecule has 2 N–H and O–H groups in total. The molecule has 1 unspecified atom stereocenters. The molecule has 0 saturated heterocycles. The van der Waals surface area contributed by atoms with Crippen molar-refractivity contribution in [1.29, 1.82) is 0 Å². The second-order valence-corrected chi connectivity index (χ2v) is 6.55. The van der Waals surface area contributed by atoms with Crippen LogP contribution in [0.2, 0.25) is 0 Å². The first kappa shape index (κ1) is 15.0. The van der Waals surface area contributed by atoms with E-state index >= 15 is 0 Å². The Balaban J connectivity index is 2.32. The monoisotopic (exact) mass is 293 g/mol. The smallest absolute Gasteiger partial charge is 0.241 e. The number of hydrogen-bond donors (Lipinski definition) is 2. The molecule has 0 bridgehead atoms. The summed E-state index contributed by atoms with van der Waals surface area (Å²) in [5.41, 5.74) is 0. The van der Waals surface area contributed by atoms with Crippen LogP contribution in [0.5, 0.6) is 0 Å². The first-order valence-electron chi connectivity index (χ1n) is 6.65. The van der Waals surface area contributed by atoms with Crippen LogP contribution >= 0.6 is 0 Å². The predicted molar refractivity (Wildman–Crippen MR) is 80.1 cm³/mol. The number of benzene rings is 2. The molecule has 1 atom stereocenters. The van der Waals surface area contributed by atoms with Crippen LogP contribution in [0.1, 0.15) is 19.8 Å². The van der Waals surface area contributed by atoms with E-state index in [0.29, 0.717) is 17.7 Å². The summed E-state index contributed by atoms with van der Waals surface area (Å²) in [6, 6.07) is 12.5. The number of fused-ring (bicyclic) bond motifs is 1. The van der Waals surface area contributed by atoms with Crippen LogP contribution in [0.3, 0.4) is 0 Å². The third kappa shape index (κ3) is 3.36. The molecule has 0 aromatic heterocycles. The van der Waals surface area contributed by atoms with Gasteiger partial charge in [-0.25, -0.2) is 13.1 Å². The van der Waals surface area contributed by atoms with Crippen molar-refractivity contribution < 1.29 is 13.5 Å². The van der Waals surface area contributed by atoms with Crippen LogP contribution in [0, 0.1) is 0 Å².